The molecule has 0 aromatic carbocycles. The zero-order valence-electron chi connectivity index (χ0n) is 12.7. The van der Waals surface area contributed by atoms with Crippen LogP contribution in [0, 0.1) is 0 Å². The Bertz CT molecular complexity index is 560. The summed E-state index contributed by atoms with van der Waals surface area (Å²) in [5, 5.41) is 7.12. The fourth-order valence-corrected chi connectivity index (χ4v) is 3.82. The quantitative estimate of drug-likeness (QED) is 0.853. The second kappa shape index (κ2) is 7.61. The van der Waals surface area contributed by atoms with Gasteiger partial charge in [-0.25, -0.2) is 0 Å². The van der Waals surface area contributed by atoms with Crippen molar-refractivity contribution < 1.29 is 14.1 Å². The maximum absolute atomic E-state index is 12.1. The molecule has 2 aromatic heterocycles. The van der Waals surface area contributed by atoms with Crippen LogP contribution >= 0.6 is 11.3 Å². The number of thiophene rings is 1. The normalized spacial score (nSPS) is 17.3. The van der Waals surface area contributed by atoms with E-state index in [0.717, 1.165) is 24.4 Å². The van der Waals surface area contributed by atoms with E-state index in [4.69, 9.17) is 4.42 Å². The highest BCUT2D eigenvalue weighted by Crippen LogP contribution is 2.12. The number of likely N-dealkylation sites (tertiary alicyclic amines) is 1. The van der Waals surface area contributed by atoms with Gasteiger partial charge in [-0.05, 0) is 53.8 Å². The summed E-state index contributed by atoms with van der Waals surface area (Å²) in [6.07, 6.45) is 6.02. The van der Waals surface area contributed by atoms with Gasteiger partial charge in [0.15, 0.2) is 11.8 Å². The van der Waals surface area contributed by atoms with Gasteiger partial charge in [0.25, 0.3) is 0 Å². The van der Waals surface area contributed by atoms with Gasteiger partial charge in [-0.2, -0.15) is 11.3 Å². The lowest BCUT2D eigenvalue weighted by Crippen LogP contribution is -3.13. The minimum atomic E-state index is 0.0892. The number of amides is 1. The first-order valence-electron chi connectivity index (χ1n) is 7.98. The lowest BCUT2D eigenvalue weighted by atomic mass is 10.1. The van der Waals surface area contributed by atoms with Crippen LogP contribution in [-0.4, -0.2) is 25.5 Å². The van der Waals surface area contributed by atoms with E-state index in [9.17, 15) is 4.79 Å². The third-order valence-electron chi connectivity index (χ3n) is 4.32. The van der Waals surface area contributed by atoms with Crippen molar-refractivity contribution in [2.24, 2.45) is 0 Å². The minimum absolute atomic E-state index is 0.0892. The van der Waals surface area contributed by atoms with Crippen molar-refractivity contribution in [3.63, 3.8) is 0 Å². The molecule has 0 radical (unpaired) electrons. The highest BCUT2D eigenvalue weighted by atomic mass is 32.1. The number of hydrogen-bond donors (Lipinski definition) is 2. The molecule has 2 N–H and O–H groups in total. The van der Waals surface area contributed by atoms with Crippen LogP contribution in [0.15, 0.2) is 39.6 Å². The second-order valence-corrected chi connectivity index (χ2v) is 6.68. The molecule has 2 aromatic rings. The summed E-state index contributed by atoms with van der Waals surface area (Å²) in [6, 6.07) is 6.18. The first kappa shape index (κ1) is 15.3. The molecule has 0 unspecified atom stereocenters. The minimum Gasteiger partial charge on any atom is -0.463 e. The molecule has 0 aliphatic carbocycles. The van der Waals surface area contributed by atoms with Crippen molar-refractivity contribution in [3.05, 3.63) is 46.5 Å². The molecule has 22 heavy (non-hydrogen) atoms. The van der Waals surface area contributed by atoms with Crippen LogP contribution < -0.4 is 10.2 Å². The van der Waals surface area contributed by atoms with Crippen LogP contribution in [0.25, 0.3) is 0 Å². The molecule has 1 saturated heterocycles. The van der Waals surface area contributed by atoms with Gasteiger partial charge in [-0.1, -0.05) is 0 Å². The molecule has 1 amide bonds. The molecule has 0 spiro atoms. The van der Waals surface area contributed by atoms with E-state index in [-0.39, 0.29) is 11.9 Å². The van der Waals surface area contributed by atoms with Crippen LogP contribution in [-0.2, 0) is 11.2 Å². The molecular weight excluding hydrogens is 296 g/mol. The average molecular weight is 319 g/mol. The van der Waals surface area contributed by atoms with Crippen molar-refractivity contribution >= 4 is 17.2 Å². The van der Waals surface area contributed by atoms with E-state index in [0.29, 0.717) is 13.0 Å². The lowest BCUT2D eigenvalue weighted by molar-refractivity contribution is -0.936. The molecule has 1 fully saturated rings. The zero-order valence-corrected chi connectivity index (χ0v) is 13.5. The van der Waals surface area contributed by atoms with Crippen molar-refractivity contribution in [1.29, 1.82) is 0 Å². The fraction of sp³-hybridized carbons (Fsp3) is 0.471. The molecule has 1 aliphatic heterocycles. The monoisotopic (exact) mass is 319 g/mol. The number of piperidine rings is 1. The molecule has 0 bridgehead atoms. The topological polar surface area (TPSA) is 46.7 Å². The molecule has 5 heteroatoms. The van der Waals surface area contributed by atoms with Gasteiger partial charge in [-0.3, -0.25) is 4.79 Å². The fourth-order valence-electron chi connectivity index (χ4n) is 3.15. The van der Waals surface area contributed by atoms with E-state index in [1.54, 1.807) is 17.6 Å². The Kier molecular flexibility index (Phi) is 5.29. The van der Waals surface area contributed by atoms with Gasteiger partial charge in [0.2, 0.25) is 5.91 Å². The van der Waals surface area contributed by atoms with Gasteiger partial charge in [0.05, 0.1) is 32.3 Å². The van der Waals surface area contributed by atoms with Crippen molar-refractivity contribution in [1.82, 2.24) is 5.32 Å². The molecule has 1 aliphatic rings. The van der Waals surface area contributed by atoms with E-state index in [2.05, 4.69) is 5.32 Å². The van der Waals surface area contributed by atoms with E-state index < -0.39 is 0 Å². The van der Waals surface area contributed by atoms with Gasteiger partial charge in [0, 0.05) is 0 Å². The predicted octanol–water partition coefficient (Wildman–Crippen LogP) is 1.81. The number of rotatable bonds is 6. The Hall–Kier alpha value is -1.59. The van der Waals surface area contributed by atoms with Crippen LogP contribution in [0.1, 0.15) is 36.6 Å². The summed E-state index contributed by atoms with van der Waals surface area (Å²) in [6.45, 7) is 2.96. The van der Waals surface area contributed by atoms with Gasteiger partial charge in [-0.15, -0.1) is 0 Å². The lowest BCUT2D eigenvalue weighted by Gasteiger charge is -2.30. The first-order chi connectivity index (χ1) is 10.8. The largest absolute Gasteiger partial charge is 0.463 e. The number of carbonyl (C=O) groups is 1. The SMILES string of the molecule is O=C(Cc1ccsc1)NC[C@@H](c1ccco1)[NH+]1CCCCC1. The smallest absolute Gasteiger partial charge is 0.224 e. The van der Waals surface area contributed by atoms with Crippen LogP contribution in [0.4, 0.5) is 0 Å². The Morgan fingerprint density at radius 2 is 2.18 bits per heavy atom. The van der Waals surface area contributed by atoms with E-state index in [1.807, 2.05) is 29.0 Å². The van der Waals surface area contributed by atoms with Crippen molar-refractivity contribution in [3.8, 4) is 0 Å². The molecule has 118 valence electrons. The van der Waals surface area contributed by atoms with Gasteiger partial charge in [0.1, 0.15) is 0 Å². The highest BCUT2D eigenvalue weighted by Gasteiger charge is 2.28. The molecule has 3 rings (SSSR count). The summed E-state index contributed by atoms with van der Waals surface area (Å²) in [4.78, 5) is 13.6. The second-order valence-electron chi connectivity index (χ2n) is 5.90. The zero-order chi connectivity index (χ0) is 15.2. The molecule has 3 heterocycles. The van der Waals surface area contributed by atoms with E-state index >= 15 is 0 Å². The molecule has 1 atom stereocenters. The summed E-state index contributed by atoms with van der Waals surface area (Å²) in [7, 11) is 0. The van der Waals surface area contributed by atoms with Crippen LogP contribution in [0.2, 0.25) is 0 Å². The average Bonchev–Trinajstić information content (AvgIpc) is 3.22. The summed E-state index contributed by atoms with van der Waals surface area (Å²) >= 11 is 1.63. The predicted molar refractivity (Wildman–Crippen MR) is 87.0 cm³/mol. The maximum Gasteiger partial charge on any atom is 0.224 e. The molecular formula is C17H23N2O2S+. The Morgan fingerprint density at radius 1 is 1.32 bits per heavy atom. The third kappa shape index (κ3) is 3.99. The first-order valence-corrected chi connectivity index (χ1v) is 8.93. The number of hydrogen-bond acceptors (Lipinski definition) is 3. The summed E-state index contributed by atoms with van der Waals surface area (Å²) < 4.78 is 5.62. The maximum atomic E-state index is 12.1. The Labute approximate surface area is 135 Å². The van der Waals surface area contributed by atoms with Crippen molar-refractivity contribution in [2.45, 2.75) is 31.7 Å². The number of furan rings is 1. The number of quaternary nitrogens is 1. The Balaban J connectivity index is 1.59. The highest BCUT2D eigenvalue weighted by molar-refractivity contribution is 7.07. The standard InChI is InChI=1S/C17H22N2O2S/c20-17(11-14-6-10-22-13-14)18-12-15(16-5-4-9-21-16)19-7-2-1-3-8-19/h4-6,9-10,13,15H,1-3,7-8,11-12H2,(H,18,20)/p+1/t15-/m0/s1. The van der Waals surface area contributed by atoms with Crippen molar-refractivity contribution in [2.75, 3.05) is 19.6 Å². The van der Waals surface area contributed by atoms with Crippen LogP contribution in [0.5, 0.6) is 0 Å². The van der Waals surface area contributed by atoms with Gasteiger partial charge >= 0.3 is 0 Å². The van der Waals surface area contributed by atoms with Crippen LogP contribution in [0.3, 0.4) is 0 Å². The molecule has 4 nitrogen and oxygen atoms in total. The summed E-state index contributed by atoms with van der Waals surface area (Å²) in [5.41, 5.74) is 1.09. The van der Waals surface area contributed by atoms with E-state index in [1.165, 1.54) is 24.2 Å². The third-order valence-corrected chi connectivity index (χ3v) is 5.06. The van der Waals surface area contributed by atoms with Gasteiger partial charge < -0.3 is 14.6 Å². The number of carbonyl (C=O) groups excluding carboxylic acids is 1. The number of nitrogens with one attached hydrogen (secondary N) is 2. The summed E-state index contributed by atoms with van der Waals surface area (Å²) in [5.74, 6) is 1.07. The Morgan fingerprint density at radius 3 is 2.86 bits per heavy atom. The molecule has 0 saturated carbocycles.